The number of rotatable bonds is 5. The Hall–Kier alpha value is -4.26. The number of nitrogens with zero attached hydrogens (tertiary/aromatic N) is 3. The summed E-state index contributed by atoms with van der Waals surface area (Å²) in [6.45, 7) is 2.65. The highest BCUT2D eigenvalue weighted by Crippen LogP contribution is 2.26. The number of carbonyl (C=O) groups is 2. The van der Waals surface area contributed by atoms with E-state index in [1.807, 2.05) is 48.5 Å². The number of hydrogen-bond acceptors (Lipinski definition) is 4. The van der Waals surface area contributed by atoms with E-state index in [2.05, 4.69) is 11.2 Å². The van der Waals surface area contributed by atoms with Crippen LogP contribution in [0.4, 0.5) is 4.39 Å². The average Bonchev–Trinajstić information content (AvgIpc) is 3.34. The van der Waals surface area contributed by atoms with E-state index < -0.39 is 12.1 Å². The summed E-state index contributed by atoms with van der Waals surface area (Å²) < 4.78 is 20.7. The second kappa shape index (κ2) is 9.54. The number of para-hydroxylation sites is 1. The second-order valence-corrected chi connectivity index (χ2v) is 8.50. The SMILES string of the molecule is CC(OC(=O)c1cn(-c2ccccc2)nc1-c1ccc(F)cc1)C(=O)N1CCc2ccccc2C1. The average molecular weight is 470 g/mol. The van der Waals surface area contributed by atoms with Crippen molar-refractivity contribution in [2.24, 2.45) is 0 Å². The molecular formula is C28H24FN3O3. The van der Waals surface area contributed by atoms with Crippen LogP contribution in [0, 0.1) is 5.82 Å². The van der Waals surface area contributed by atoms with Crippen LogP contribution in [0.1, 0.15) is 28.4 Å². The van der Waals surface area contributed by atoms with E-state index in [9.17, 15) is 14.0 Å². The van der Waals surface area contributed by atoms with Crippen molar-refractivity contribution < 1.29 is 18.7 Å². The fourth-order valence-electron chi connectivity index (χ4n) is 4.27. The Kier molecular flexibility index (Phi) is 6.14. The fourth-order valence-corrected chi connectivity index (χ4v) is 4.27. The number of benzene rings is 3. The van der Waals surface area contributed by atoms with Crippen LogP contribution in [0.3, 0.4) is 0 Å². The van der Waals surface area contributed by atoms with Crippen LogP contribution in [0.2, 0.25) is 0 Å². The molecule has 2 heterocycles. The smallest absolute Gasteiger partial charge is 0.342 e. The molecule has 0 fully saturated rings. The predicted molar refractivity (Wildman–Crippen MR) is 129 cm³/mol. The topological polar surface area (TPSA) is 64.4 Å². The largest absolute Gasteiger partial charge is 0.449 e. The lowest BCUT2D eigenvalue weighted by Gasteiger charge is -2.30. The molecule has 0 aliphatic carbocycles. The van der Waals surface area contributed by atoms with Crippen molar-refractivity contribution in [1.29, 1.82) is 0 Å². The van der Waals surface area contributed by atoms with Crippen molar-refractivity contribution in [2.75, 3.05) is 6.54 Å². The van der Waals surface area contributed by atoms with E-state index in [0.29, 0.717) is 24.3 Å². The number of aromatic nitrogens is 2. The second-order valence-electron chi connectivity index (χ2n) is 8.50. The molecule has 4 aromatic rings. The first-order chi connectivity index (χ1) is 17.0. The molecule has 6 nitrogen and oxygen atoms in total. The molecule has 5 rings (SSSR count). The van der Waals surface area contributed by atoms with E-state index in [0.717, 1.165) is 17.7 Å². The summed E-state index contributed by atoms with van der Waals surface area (Å²) in [5.74, 6) is -1.29. The van der Waals surface area contributed by atoms with Crippen LogP contribution >= 0.6 is 0 Å². The molecule has 0 saturated heterocycles. The van der Waals surface area contributed by atoms with Gasteiger partial charge < -0.3 is 9.64 Å². The molecule has 0 N–H and O–H groups in total. The Morgan fingerprint density at radius 1 is 0.943 bits per heavy atom. The molecule has 176 valence electrons. The molecule has 3 aromatic carbocycles. The van der Waals surface area contributed by atoms with Crippen LogP contribution in [0.15, 0.2) is 85.1 Å². The van der Waals surface area contributed by atoms with Gasteiger partial charge in [0.15, 0.2) is 6.10 Å². The molecule has 35 heavy (non-hydrogen) atoms. The first-order valence-electron chi connectivity index (χ1n) is 11.5. The maximum Gasteiger partial charge on any atom is 0.342 e. The number of carbonyl (C=O) groups excluding carboxylic acids is 2. The van der Waals surface area contributed by atoms with Crippen LogP contribution in [-0.4, -0.2) is 39.2 Å². The quantitative estimate of drug-likeness (QED) is 0.394. The normalized spacial score (nSPS) is 13.7. The zero-order valence-corrected chi connectivity index (χ0v) is 19.2. The van der Waals surface area contributed by atoms with Crippen molar-refractivity contribution in [3.63, 3.8) is 0 Å². The van der Waals surface area contributed by atoms with E-state index in [1.165, 1.54) is 17.7 Å². The highest BCUT2D eigenvalue weighted by Gasteiger charge is 2.29. The summed E-state index contributed by atoms with van der Waals surface area (Å²) in [5, 5.41) is 4.57. The monoisotopic (exact) mass is 469 g/mol. The third-order valence-electron chi connectivity index (χ3n) is 6.15. The summed E-state index contributed by atoms with van der Waals surface area (Å²) >= 11 is 0. The van der Waals surface area contributed by atoms with Crippen molar-refractivity contribution in [2.45, 2.75) is 26.0 Å². The first kappa shape index (κ1) is 22.5. The number of ether oxygens (including phenoxy) is 1. The lowest BCUT2D eigenvalue weighted by molar-refractivity contribution is -0.140. The van der Waals surface area contributed by atoms with E-state index in [-0.39, 0.29) is 17.3 Å². The number of amides is 1. The minimum Gasteiger partial charge on any atom is -0.449 e. The third-order valence-corrected chi connectivity index (χ3v) is 6.15. The van der Waals surface area contributed by atoms with Gasteiger partial charge in [-0.25, -0.2) is 13.9 Å². The summed E-state index contributed by atoms with van der Waals surface area (Å²) in [6.07, 6.45) is 1.38. The van der Waals surface area contributed by atoms with Gasteiger partial charge in [-0.3, -0.25) is 4.79 Å². The van der Waals surface area contributed by atoms with Gasteiger partial charge in [-0.15, -0.1) is 0 Å². The zero-order valence-electron chi connectivity index (χ0n) is 19.2. The summed E-state index contributed by atoms with van der Waals surface area (Å²) in [7, 11) is 0. The molecule has 1 unspecified atom stereocenters. The molecule has 7 heteroatoms. The summed E-state index contributed by atoms with van der Waals surface area (Å²) in [4.78, 5) is 28.0. The summed E-state index contributed by atoms with van der Waals surface area (Å²) in [6, 6.07) is 23.1. The Morgan fingerprint density at radius 3 is 2.37 bits per heavy atom. The highest BCUT2D eigenvalue weighted by molar-refractivity contribution is 5.97. The van der Waals surface area contributed by atoms with E-state index in [4.69, 9.17) is 4.74 Å². The Labute approximate surface area is 202 Å². The van der Waals surface area contributed by atoms with Crippen molar-refractivity contribution in [1.82, 2.24) is 14.7 Å². The van der Waals surface area contributed by atoms with Crippen LogP contribution < -0.4 is 0 Å². The van der Waals surface area contributed by atoms with Crippen LogP contribution in [0.5, 0.6) is 0 Å². The van der Waals surface area contributed by atoms with Gasteiger partial charge in [-0.2, -0.15) is 5.10 Å². The zero-order chi connectivity index (χ0) is 24.4. The van der Waals surface area contributed by atoms with Gasteiger partial charge in [0, 0.05) is 24.8 Å². The van der Waals surface area contributed by atoms with Crippen molar-refractivity contribution >= 4 is 11.9 Å². The van der Waals surface area contributed by atoms with Gasteiger partial charge in [-0.05, 0) is 60.9 Å². The molecule has 1 atom stereocenters. The molecule has 0 saturated carbocycles. The van der Waals surface area contributed by atoms with Crippen LogP contribution in [-0.2, 0) is 22.5 Å². The van der Waals surface area contributed by atoms with E-state index in [1.54, 1.807) is 34.8 Å². The minimum atomic E-state index is -0.964. The molecule has 1 amide bonds. The van der Waals surface area contributed by atoms with Gasteiger partial charge >= 0.3 is 5.97 Å². The maximum absolute atomic E-state index is 13.5. The molecule has 0 spiro atoms. The molecule has 1 aliphatic rings. The Bertz CT molecular complexity index is 1370. The third kappa shape index (κ3) is 4.71. The number of fused-ring (bicyclic) bond motifs is 1. The van der Waals surface area contributed by atoms with Crippen LogP contribution in [0.25, 0.3) is 16.9 Å². The minimum absolute atomic E-state index is 0.198. The lowest BCUT2D eigenvalue weighted by Crippen LogP contribution is -2.42. The Balaban J connectivity index is 1.39. The first-order valence-corrected chi connectivity index (χ1v) is 11.5. The van der Waals surface area contributed by atoms with Crippen molar-refractivity contribution in [3.05, 3.63) is 108 Å². The van der Waals surface area contributed by atoms with Gasteiger partial charge in [0.1, 0.15) is 17.1 Å². The number of halogens is 1. The van der Waals surface area contributed by atoms with Gasteiger partial charge in [-0.1, -0.05) is 42.5 Å². The lowest BCUT2D eigenvalue weighted by atomic mass is 9.99. The van der Waals surface area contributed by atoms with Gasteiger partial charge in [0.2, 0.25) is 0 Å². The molecule has 1 aromatic heterocycles. The molecule has 0 bridgehead atoms. The maximum atomic E-state index is 13.5. The number of esters is 1. The molecule has 0 radical (unpaired) electrons. The number of hydrogen-bond donors (Lipinski definition) is 0. The fraction of sp³-hybridized carbons (Fsp3) is 0.179. The predicted octanol–water partition coefficient (Wildman–Crippen LogP) is 4.81. The van der Waals surface area contributed by atoms with Gasteiger partial charge in [0.05, 0.1) is 5.69 Å². The Morgan fingerprint density at radius 2 is 1.63 bits per heavy atom. The van der Waals surface area contributed by atoms with Crippen molar-refractivity contribution in [3.8, 4) is 16.9 Å². The highest BCUT2D eigenvalue weighted by atomic mass is 19.1. The standard InChI is InChI=1S/C28H24FN3O3/c1-19(27(33)31-16-15-20-7-5-6-8-22(20)17-31)35-28(34)25-18-32(24-9-3-2-4-10-24)30-26(25)21-11-13-23(29)14-12-21/h2-14,18-19H,15-17H2,1H3. The summed E-state index contributed by atoms with van der Waals surface area (Å²) in [5.41, 5.74) is 4.21. The van der Waals surface area contributed by atoms with Gasteiger partial charge in [0.25, 0.3) is 5.91 Å². The molecular weight excluding hydrogens is 445 g/mol. The van der Waals surface area contributed by atoms with E-state index >= 15 is 0 Å². The molecule has 1 aliphatic heterocycles.